The highest BCUT2D eigenvalue weighted by Gasteiger charge is 2.17. The van der Waals surface area contributed by atoms with Crippen LogP contribution in [-0.4, -0.2) is 22.4 Å². The minimum absolute atomic E-state index is 0.408. The van der Waals surface area contributed by atoms with E-state index < -0.39 is 12.2 Å². The first-order chi connectivity index (χ1) is 4.72. The fourth-order valence-electron chi connectivity index (χ4n) is 1.09. The Balaban J connectivity index is 2.68. The zero-order chi connectivity index (χ0) is 7.56. The Bertz CT molecular complexity index is 188. The molecule has 0 saturated carbocycles. The Morgan fingerprint density at radius 2 is 2.30 bits per heavy atom. The molecule has 2 N–H and O–H groups in total. The molecule has 0 aromatic heterocycles. The highest BCUT2D eigenvalue weighted by Crippen LogP contribution is 2.17. The van der Waals surface area contributed by atoms with Crippen molar-refractivity contribution in [2.45, 2.75) is 25.0 Å². The summed E-state index contributed by atoms with van der Waals surface area (Å²) in [6.45, 7) is 0. The van der Waals surface area contributed by atoms with Crippen LogP contribution in [0.2, 0.25) is 0 Å². The summed E-state index contributed by atoms with van der Waals surface area (Å²) in [4.78, 5) is 0. The fourth-order valence-corrected chi connectivity index (χ4v) is 1.09. The fraction of sp³-hybridized carbons (Fsp3) is 0.500. The van der Waals surface area contributed by atoms with Crippen molar-refractivity contribution in [3.8, 4) is 12.3 Å². The van der Waals surface area contributed by atoms with E-state index in [0.717, 1.165) is 0 Å². The molecule has 2 nitrogen and oxygen atoms in total. The molecule has 0 amide bonds. The monoisotopic (exact) mass is 138 g/mol. The Morgan fingerprint density at radius 3 is 2.80 bits per heavy atom. The second-order valence-electron chi connectivity index (χ2n) is 2.50. The van der Waals surface area contributed by atoms with E-state index in [9.17, 15) is 0 Å². The Morgan fingerprint density at radius 1 is 1.60 bits per heavy atom. The predicted octanol–water partition coefficient (Wildman–Crippen LogP) is 0.0616. The van der Waals surface area contributed by atoms with Gasteiger partial charge >= 0.3 is 0 Å². The lowest BCUT2D eigenvalue weighted by molar-refractivity contribution is 0.0953. The first kappa shape index (κ1) is 7.33. The molecule has 0 aliphatic heterocycles. The lowest BCUT2D eigenvalue weighted by Gasteiger charge is -2.18. The quantitative estimate of drug-likeness (QED) is 0.465. The van der Waals surface area contributed by atoms with E-state index in [2.05, 4.69) is 5.92 Å². The number of terminal acetylenes is 1. The maximum atomic E-state index is 9.08. The maximum Gasteiger partial charge on any atom is 0.0757 e. The molecular formula is C8H10O2. The summed E-state index contributed by atoms with van der Waals surface area (Å²) in [6, 6.07) is 0. The van der Waals surface area contributed by atoms with Gasteiger partial charge in [-0.1, -0.05) is 5.92 Å². The van der Waals surface area contributed by atoms with Gasteiger partial charge in [0.05, 0.1) is 12.2 Å². The smallest absolute Gasteiger partial charge is 0.0757 e. The van der Waals surface area contributed by atoms with Crippen molar-refractivity contribution < 1.29 is 10.2 Å². The zero-order valence-electron chi connectivity index (χ0n) is 5.62. The molecule has 54 valence electrons. The van der Waals surface area contributed by atoms with Crippen molar-refractivity contribution in [2.24, 2.45) is 0 Å². The van der Waals surface area contributed by atoms with Crippen molar-refractivity contribution in [2.75, 3.05) is 0 Å². The summed E-state index contributed by atoms with van der Waals surface area (Å²) >= 11 is 0. The molecule has 0 spiro atoms. The molecule has 2 atom stereocenters. The number of hydrogen-bond acceptors (Lipinski definition) is 2. The molecule has 0 saturated heterocycles. The van der Waals surface area contributed by atoms with Gasteiger partial charge in [0, 0.05) is 18.4 Å². The molecule has 0 aromatic carbocycles. The standard InChI is InChI=1S/C8H10O2/c1-2-6-3-7(9)5-8(10)4-6/h1,3,7-10H,4-5H2. The molecule has 2 unspecified atom stereocenters. The Kier molecular flexibility index (Phi) is 2.10. The molecule has 0 bridgehead atoms. The molecule has 1 aliphatic rings. The average molecular weight is 138 g/mol. The SMILES string of the molecule is C#CC1=CC(O)CC(O)C1. The number of rotatable bonds is 0. The van der Waals surface area contributed by atoms with E-state index in [1.165, 1.54) is 0 Å². The molecule has 0 radical (unpaired) electrons. The average Bonchev–Trinajstić information content (AvgIpc) is 1.85. The largest absolute Gasteiger partial charge is 0.393 e. The predicted molar refractivity (Wildman–Crippen MR) is 38.2 cm³/mol. The zero-order valence-corrected chi connectivity index (χ0v) is 5.62. The minimum atomic E-state index is -0.560. The molecule has 1 rings (SSSR count). The van der Waals surface area contributed by atoms with E-state index in [1.54, 1.807) is 6.08 Å². The van der Waals surface area contributed by atoms with Gasteiger partial charge in [0.25, 0.3) is 0 Å². The number of hydrogen-bond donors (Lipinski definition) is 2. The first-order valence-electron chi connectivity index (χ1n) is 3.26. The second kappa shape index (κ2) is 2.87. The van der Waals surface area contributed by atoms with Crippen LogP contribution in [0.15, 0.2) is 11.6 Å². The van der Waals surface area contributed by atoms with E-state index in [0.29, 0.717) is 18.4 Å². The topological polar surface area (TPSA) is 40.5 Å². The molecule has 0 heterocycles. The lowest BCUT2D eigenvalue weighted by Crippen LogP contribution is -2.21. The summed E-state index contributed by atoms with van der Waals surface area (Å²) in [7, 11) is 0. The van der Waals surface area contributed by atoms with Crippen molar-refractivity contribution in [3.63, 3.8) is 0 Å². The van der Waals surface area contributed by atoms with Gasteiger partial charge in [-0.25, -0.2) is 0 Å². The third-order valence-electron chi connectivity index (χ3n) is 1.55. The molecule has 0 fully saturated rings. The van der Waals surface area contributed by atoms with Crippen molar-refractivity contribution in [1.29, 1.82) is 0 Å². The van der Waals surface area contributed by atoms with Crippen LogP contribution >= 0.6 is 0 Å². The van der Waals surface area contributed by atoms with Crippen LogP contribution in [0.5, 0.6) is 0 Å². The van der Waals surface area contributed by atoms with E-state index in [1.807, 2.05) is 0 Å². The van der Waals surface area contributed by atoms with Gasteiger partial charge in [-0.05, 0) is 6.08 Å². The van der Waals surface area contributed by atoms with Crippen LogP contribution in [0, 0.1) is 12.3 Å². The van der Waals surface area contributed by atoms with Crippen LogP contribution in [0.1, 0.15) is 12.8 Å². The van der Waals surface area contributed by atoms with Gasteiger partial charge in [-0.3, -0.25) is 0 Å². The Labute approximate surface area is 60.2 Å². The van der Waals surface area contributed by atoms with Crippen molar-refractivity contribution in [3.05, 3.63) is 11.6 Å². The van der Waals surface area contributed by atoms with Crippen molar-refractivity contribution >= 4 is 0 Å². The van der Waals surface area contributed by atoms with Gasteiger partial charge in [-0.15, -0.1) is 6.42 Å². The van der Waals surface area contributed by atoms with Crippen LogP contribution in [0.4, 0.5) is 0 Å². The highest BCUT2D eigenvalue weighted by atomic mass is 16.3. The summed E-state index contributed by atoms with van der Waals surface area (Å²) < 4.78 is 0. The summed E-state index contributed by atoms with van der Waals surface area (Å²) in [5.41, 5.74) is 0.700. The maximum absolute atomic E-state index is 9.08. The Hall–Kier alpha value is -0.780. The third-order valence-corrected chi connectivity index (χ3v) is 1.55. The normalized spacial score (nSPS) is 32.7. The highest BCUT2D eigenvalue weighted by molar-refractivity contribution is 5.28. The van der Waals surface area contributed by atoms with Crippen LogP contribution in [-0.2, 0) is 0 Å². The van der Waals surface area contributed by atoms with E-state index >= 15 is 0 Å². The van der Waals surface area contributed by atoms with Gasteiger partial charge in [0.2, 0.25) is 0 Å². The van der Waals surface area contributed by atoms with Gasteiger partial charge in [0.1, 0.15) is 0 Å². The molecule has 0 aromatic rings. The second-order valence-corrected chi connectivity index (χ2v) is 2.50. The summed E-state index contributed by atoms with van der Waals surface area (Å²) in [6.07, 6.45) is 6.59. The summed E-state index contributed by atoms with van der Waals surface area (Å²) in [5, 5.41) is 18.1. The summed E-state index contributed by atoms with van der Waals surface area (Å²) in [5.74, 6) is 2.41. The van der Waals surface area contributed by atoms with Gasteiger partial charge in [0.15, 0.2) is 0 Å². The van der Waals surface area contributed by atoms with Gasteiger partial charge in [-0.2, -0.15) is 0 Å². The molecule has 10 heavy (non-hydrogen) atoms. The third kappa shape index (κ3) is 1.60. The lowest BCUT2D eigenvalue weighted by atomic mass is 9.95. The molecular weight excluding hydrogens is 128 g/mol. The van der Waals surface area contributed by atoms with Crippen molar-refractivity contribution in [1.82, 2.24) is 0 Å². The van der Waals surface area contributed by atoms with Crippen LogP contribution in [0.25, 0.3) is 0 Å². The first-order valence-corrected chi connectivity index (χ1v) is 3.26. The van der Waals surface area contributed by atoms with Gasteiger partial charge < -0.3 is 10.2 Å². The molecule has 1 aliphatic carbocycles. The van der Waals surface area contributed by atoms with Crippen LogP contribution < -0.4 is 0 Å². The van der Waals surface area contributed by atoms with E-state index in [-0.39, 0.29) is 0 Å². The molecule has 2 heteroatoms. The number of aliphatic hydroxyl groups is 2. The van der Waals surface area contributed by atoms with E-state index in [4.69, 9.17) is 16.6 Å². The minimum Gasteiger partial charge on any atom is -0.393 e. The number of aliphatic hydroxyl groups excluding tert-OH is 2. The van der Waals surface area contributed by atoms with Crippen LogP contribution in [0.3, 0.4) is 0 Å².